The lowest BCUT2D eigenvalue weighted by atomic mass is 10.1. The van der Waals surface area contributed by atoms with E-state index in [4.69, 9.17) is 16.7 Å². The minimum atomic E-state index is -0.972. The fourth-order valence-electron chi connectivity index (χ4n) is 2.00. The van der Waals surface area contributed by atoms with Gasteiger partial charge in [-0.3, -0.25) is 0 Å². The minimum Gasteiger partial charge on any atom is -0.478 e. The SMILES string of the molecule is CCN(CC)CC(C)Nc1ccc(Cl)cc1C(=O)O. The van der Waals surface area contributed by atoms with Gasteiger partial charge < -0.3 is 15.3 Å². The number of carboxylic acids is 1. The monoisotopic (exact) mass is 284 g/mol. The van der Waals surface area contributed by atoms with E-state index in [1.165, 1.54) is 6.07 Å². The summed E-state index contributed by atoms with van der Waals surface area (Å²) < 4.78 is 0. The summed E-state index contributed by atoms with van der Waals surface area (Å²) in [5.41, 5.74) is 0.815. The van der Waals surface area contributed by atoms with E-state index < -0.39 is 5.97 Å². The molecule has 4 nitrogen and oxygen atoms in total. The van der Waals surface area contributed by atoms with Crippen LogP contribution in [0, 0.1) is 0 Å². The van der Waals surface area contributed by atoms with Crippen LogP contribution in [0.2, 0.25) is 5.02 Å². The van der Waals surface area contributed by atoms with Crippen LogP contribution in [0.25, 0.3) is 0 Å². The first-order valence-corrected chi connectivity index (χ1v) is 6.87. The van der Waals surface area contributed by atoms with E-state index in [0.29, 0.717) is 10.7 Å². The standard InChI is InChI=1S/C14H21ClN2O2/c1-4-17(5-2)9-10(3)16-13-7-6-11(15)8-12(13)14(18)19/h6-8,10,16H,4-5,9H2,1-3H3,(H,18,19). The largest absolute Gasteiger partial charge is 0.478 e. The first-order valence-electron chi connectivity index (χ1n) is 6.49. The van der Waals surface area contributed by atoms with Gasteiger partial charge in [-0.2, -0.15) is 0 Å². The normalized spacial score (nSPS) is 12.5. The molecule has 1 atom stereocenters. The first kappa shape index (κ1) is 15.8. The predicted octanol–water partition coefficient (Wildman–Crippen LogP) is 3.18. The van der Waals surface area contributed by atoms with Gasteiger partial charge in [0.15, 0.2) is 0 Å². The third-order valence-corrected chi connectivity index (χ3v) is 3.28. The van der Waals surface area contributed by atoms with Crippen LogP contribution in [0.1, 0.15) is 31.1 Å². The Bertz CT molecular complexity index is 433. The van der Waals surface area contributed by atoms with Gasteiger partial charge >= 0.3 is 5.97 Å². The van der Waals surface area contributed by atoms with Crippen molar-refractivity contribution in [1.82, 2.24) is 4.90 Å². The van der Waals surface area contributed by atoms with Crippen LogP contribution >= 0.6 is 11.6 Å². The third-order valence-electron chi connectivity index (χ3n) is 3.04. The highest BCUT2D eigenvalue weighted by atomic mass is 35.5. The lowest BCUT2D eigenvalue weighted by molar-refractivity contribution is 0.0698. The second-order valence-corrected chi connectivity index (χ2v) is 4.96. The Hall–Kier alpha value is -1.26. The molecule has 0 heterocycles. The molecule has 5 heteroatoms. The van der Waals surface area contributed by atoms with Gasteiger partial charge in [-0.25, -0.2) is 4.79 Å². The molecule has 106 valence electrons. The van der Waals surface area contributed by atoms with Crippen LogP contribution in [-0.4, -0.2) is 41.7 Å². The van der Waals surface area contributed by atoms with E-state index in [-0.39, 0.29) is 11.6 Å². The molecule has 0 bridgehead atoms. The van der Waals surface area contributed by atoms with Crippen molar-refractivity contribution in [3.63, 3.8) is 0 Å². The van der Waals surface area contributed by atoms with Crippen molar-refractivity contribution < 1.29 is 9.90 Å². The number of nitrogens with zero attached hydrogens (tertiary/aromatic N) is 1. The number of hydrogen-bond acceptors (Lipinski definition) is 3. The molecule has 0 radical (unpaired) electrons. The molecule has 0 aromatic heterocycles. The van der Waals surface area contributed by atoms with Crippen LogP contribution in [0.3, 0.4) is 0 Å². The summed E-state index contributed by atoms with van der Waals surface area (Å²) in [4.78, 5) is 13.5. The summed E-state index contributed by atoms with van der Waals surface area (Å²) in [6.45, 7) is 9.10. The molecule has 1 unspecified atom stereocenters. The lowest BCUT2D eigenvalue weighted by Gasteiger charge is -2.24. The van der Waals surface area contributed by atoms with Crippen molar-refractivity contribution in [3.05, 3.63) is 28.8 Å². The van der Waals surface area contributed by atoms with Gasteiger partial charge in [0.1, 0.15) is 0 Å². The van der Waals surface area contributed by atoms with Crippen LogP contribution in [0.5, 0.6) is 0 Å². The summed E-state index contributed by atoms with van der Waals surface area (Å²) in [5, 5.41) is 12.8. The fraction of sp³-hybridized carbons (Fsp3) is 0.500. The van der Waals surface area contributed by atoms with Gasteiger partial charge in [-0.1, -0.05) is 25.4 Å². The molecular formula is C14H21ClN2O2. The number of aromatic carboxylic acids is 1. The molecule has 2 N–H and O–H groups in total. The number of benzene rings is 1. The maximum absolute atomic E-state index is 11.2. The molecule has 0 saturated carbocycles. The summed E-state index contributed by atoms with van der Waals surface area (Å²) in [7, 11) is 0. The molecule has 0 saturated heterocycles. The molecule has 0 spiro atoms. The van der Waals surface area contributed by atoms with Gasteiger partial charge in [0.2, 0.25) is 0 Å². The highest BCUT2D eigenvalue weighted by molar-refractivity contribution is 6.31. The number of rotatable bonds is 7. The van der Waals surface area contributed by atoms with Crippen LogP contribution in [-0.2, 0) is 0 Å². The van der Waals surface area contributed by atoms with E-state index in [1.54, 1.807) is 12.1 Å². The van der Waals surface area contributed by atoms with Gasteiger partial charge in [0.25, 0.3) is 0 Å². The number of carbonyl (C=O) groups is 1. The number of hydrogen-bond donors (Lipinski definition) is 2. The molecule has 1 aromatic carbocycles. The smallest absolute Gasteiger partial charge is 0.337 e. The quantitative estimate of drug-likeness (QED) is 0.807. The van der Waals surface area contributed by atoms with Crippen LogP contribution in [0.15, 0.2) is 18.2 Å². The van der Waals surface area contributed by atoms with E-state index in [9.17, 15) is 4.79 Å². The Morgan fingerprint density at radius 3 is 2.58 bits per heavy atom. The average molecular weight is 285 g/mol. The highest BCUT2D eigenvalue weighted by Gasteiger charge is 2.13. The topological polar surface area (TPSA) is 52.6 Å². The Morgan fingerprint density at radius 1 is 1.42 bits per heavy atom. The van der Waals surface area contributed by atoms with Gasteiger partial charge in [0, 0.05) is 23.3 Å². The maximum atomic E-state index is 11.2. The molecule has 19 heavy (non-hydrogen) atoms. The fourth-order valence-corrected chi connectivity index (χ4v) is 2.17. The minimum absolute atomic E-state index is 0.166. The van der Waals surface area contributed by atoms with E-state index in [1.807, 2.05) is 6.92 Å². The summed E-state index contributed by atoms with van der Waals surface area (Å²) in [5.74, 6) is -0.972. The van der Waals surface area contributed by atoms with Crippen molar-refractivity contribution in [1.29, 1.82) is 0 Å². The number of nitrogens with one attached hydrogen (secondary N) is 1. The second-order valence-electron chi connectivity index (χ2n) is 4.53. The van der Waals surface area contributed by atoms with Crippen molar-refractivity contribution in [2.75, 3.05) is 25.0 Å². The van der Waals surface area contributed by atoms with Crippen molar-refractivity contribution >= 4 is 23.3 Å². The molecule has 0 amide bonds. The zero-order valence-corrected chi connectivity index (χ0v) is 12.4. The maximum Gasteiger partial charge on any atom is 0.337 e. The van der Waals surface area contributed by atoms with Crippen molar-refractivity contribution in [2.45, 2.75) is 26.8 Å². The van der Waals surface area contributed by atoms with Gasteiger partial charge in [-0.15, -0.1) is 0 Å². The molecule has 0 fully saturated rings. The zero-order valence-electron chi connectivity index (χ0n) is 11.6. The number of anilines is 1. The first-order chi connectivity index (χ1) is 8.97. The Balaban J connectivity index is 2.78. The Morgan fingerprint density at radius 2 is 2.05 bits per heavy atom. The number of likely N-dealkylation sites (N-methyl/N-ethyl adjacent to an activating group) is 1. The molecule has 0 aliphatic rings. The molecular weight excluding hydrogens is 264 g/mol. The molecule has 0 aliphatic heterocycles. The third kappa shape index (κ3) is 4.73. The number of carboxylic acid groups (broad SMARTS) is 1. The number of halogens is 1. The van der Waals surface area contributed by atoms with E-state index in [0.717, 1.165) is 19.6 Å². The molecule has 1 rings (SSSR count). The van der Waals surface area contributed by atoms with Crippen molar-refractivity contribution in [3.8, 4) is 0 Å². The average Bonchev–Trinajstić information content (AvgIpc) is 2.37. The van der Waals surface area contributed by atoms with E-state index in [2.05, 4.69) is 24.1 Å². The Labute approximate surface area is 119 Å². The molecule has 1 aromatic rings. The molecule has 0 aliphatic carbocycles. The highest BCUT2D eigenvalue weighted by Crippen LogP contribution is 2.21. The summed E-state index contributed by atoms with van der Waals surface area (Å²) in [6.07, 6.45) is 0. The summed E-state index contributed by atoms with van der Waals surface area (Å²) >= 11 is 5.83. The van der Waals surface area contributed by atoms with E-state index >= 15 is 0 Å². The van der Waals surface area contributed by atoms with Gasteiger partial charge in [-0.05, 0) is 38.2 Å². The predicted molar refractivity (Wildman–Crippen MR) is 79.3 cm³/mol. The van der Waals surface area contributed by atoms with Crippen molar-refractivity contribution in [2.24, 2.45) is 0 Å². The zero-order chi connectivity index (χ0) is 14.4. The lowest BCUT2D eigenvalue weighted by Crippen LogP contribution is -2.35. The van der Waals surface area contributed by atoms with Gasteiger partial charge in [0.05, 0.1) is 5.56 Å². The van der Waals surface area contributed by atoms with Crippen LogP contribution < -0.4 is 5.32 Å². The summed E-state index contributed by atoms with van der Waals surface area (Å²) in [6, 6.07) is 5.04. The second kappa shape index (κ2) is 7.36. The Kier molecular flexibility index (Phi) is 6.12. The van der Waals surface area contributed by atoms with Crippen LogP contribution in [0.4, 0.5) is 5.69 Å².